The summed E-state index contributed by atoms with van der Waals surface area (Å²) in [6, 6.07) is 6.27. The second-order valence-electron chi connectivity index (χ2n) is 7.42. The Labute approximate surface area is 152 Å². The number of phenols is 1. The zero-order valence-corrected chi connectivity index (χ0v) is 15.5. The first-order valence-electron chi connectivity index (χ1n) is 8.78. The summed E-state index contributed by atoms with van der Waals surface area (Å²) in [6.07, 6.45) is 0.821. The van der Waals surface area contributed by atoms with E-state index in [0.717, 1.165) is 34.5 Å². The molecule has 2 aromatic heterocycles. The first-order valence-corrected chi connectivity index (χ1v) is 8.78. The van der Waals surface area contributed by atoms with E-state index in [1.807, 2.05) is 30.5 Å². The van der Waals surface area contributed by atoms with Crippen LogP contribution in [-0.2, 0) is 12.0 Å². The summed E-state index contributed by atoms with van der Waals surface area (Å²) in [5.41, 5.74) is 3.41. The Bertz CT molecular complexity index is 993. The molecule has 136 valence electrons. The summed E-state index contributed by atoms with van der Waals surface area (Å²) in [5.74, 6) is 1.75. The van der Waals surface area contributed by atoms with Crippen molar-refractivity contribution in [3.63, 3.8) is 0 Å². The van der Waals surface area contributed by atoms with Crippen LogP contribution >= 0.6 is 0 Å². The highest BCUT2D eigenvalue weighted by Gasteiger charge is 2.35. The standard InChI is InChI=1S/C19H23N5O2/c1-11-9-13(5-6-14(11)25)7-8-20-16-15-17(22-12(2)21-16)24-18(23-15)26-10-19(24,3)4/h5-6,9,25H,7-8,10H2,1-4H3,(H,20,21,22). The van der Waals surface area contributed by atoms with Crippen LogP contribution in [0, 0.1) is 13.8 Å². The molecule has 26 heavy (non-hydrogen) atoms. The number of rotatable bonds is 4. The van der Waals surface area contributed by atoms with Crippen LogP contribution in [0.25, 0.3) is 11.2 Å². The van der Waals surface area contributed by atoms with E-state index in [1.54, 1.807) is 6.07 Å². The van der Waals surface area contributed by atoms with Gasteiger partial charge in [0.25, 0.3) is 6.01 Å². The summed E-state index contributed by atoms with van der Waals surface area (Å²) < 4.78 is 7.77. The zero-order chi connectivity index (χ0) is 18.5. The minimum Gasteiger partial charge on any atom is -0.508 e. The van der Waals surface area contributed by atoms with Gasteiger partial charge < -0.3 is 15.2 Å². The number of hydrogen-bond donors (Lipinski definition) is 2. The minimum atomic E-state index is -0.175. The van der Waals surface area contributed by atoms with Crippen LogP contribution in [0.5, 0.6) is 11.8 Å². The summed E-state index contributed by atoms with van der Waals surface area (Å²) in [4.78, 5) is 13.7. The van der Waals surface area contributed by atoms with E-state index in [2.05, 4.69) is 34.1 Å². The van der Waals surface area contributed by atoms with Crippen LogP contribution in [0.15, 0.2) is 18.2 Å². The number of fused-ring (bicyclic) bond motifs is 3. The van der Waals surface area contributed by atoms with Crippen molar-refractivity contribution in [2.75, 3.05) is 18.5 Å². The number of imidazole rings is 1. The molecule has 0 radical (unpaired) electrons. The van der Waals surface area contributed by atoms with Crippen LogP contribution in [-0.4, -0.2) is 37.8 Å². The van der Waals surface area contributed by atoms with E-state index in [0.29, 0.717) is 30.7 Å². The molecule has 7 heteroatoms. The van der Waals surface area contributed by atoms with Crippen molar-refractivity contribution >= 4 is 17.0 Å². The SMILES string of the molecule is Cc1nc(NCCc2ccc(O)c(C)c2)c2nc3n(c2n1)C(C)(C)CO3. The lowest BCUT2D eigenvalue weighted by atomic mass is 10.1. The lowest BCUT2D eigenvalue weighted by molar-refractivity contribution is 0.268. The van der Waals surface area contributed by atoms with E-state index >= 15 is 0 Å². The van der Waals surface area contributed by atoms with Gasteiger partial charge in [-0.25, -0.2) is 9.97 Å². The quantitative estimate of drug-likeness (QED) is 0.750. The number of ether oxygens (including phenoxy) is 1. The van der Waals surface area contributed by atoms with E-state index in [9.17, 15) is 5.11 Å². The van der Waals surface area contributed by atoms with Crippen LogP contribution < -0.4 is 10.1 Å². The number of anilines is 1. The maximum Gasteiger partial charge on any atom is 0.299 e. The molecule has 0 aliphatic carbocycles. The number of benzene rings is 1. The van der Waals surface area contributed by atoms with Gasteiger partial charge in [0.05, 0.1) is 5.54 Å². The predicted molar refractivity (Wildman–Crippen MR) is 99.9 cm³/mol. The fourth-order valence-electron chi connectivity index (χ4n) is 3.32. The Morgan fingerprint density at radius 3 is 2.81 bits per heavy atom. The van der Waals surface area contributed by atoms with Gasteiger partial charge in [-0.15, -0.1) is 0 Å². The number of phenolic OH excluding ortho intramolecular Hbond substituents is 1. The topological polar surface area (TPSA) is 85.1 Å². The van der Waals surface area contributed by atoms with Gasteiger partial charge in [0, 0.05) is 6.54 Å². The Kier molecular flexibility index (Phi) is 3.75. The Morgan fingerprint density at radius 1 is 1.23 bits per heavy atom. The third kappa shape index (κ3) is 2.73. The lowest BCUT2D eigenvalue weighted by Gasteiger charge is -2.18. The molecule has 0 spiro atoms. The van der Waals surface area contributed by atoms with Crippen molar-refractivity contribution in [2.45, 2.75) is 39.7 Å². The minimum absolute atomic E-state index is 0.175. The van der Waals surface area contributed by atoms with Gasteiger partial charge in [-0.3, -0.25) is 4.57 Å². The maximum absolute atomic E-state index is 9.64. The van der Waals surface area contributed by atoms with Crippen molar-refractivity contribution < 1.29 is 9.84 Å². The van der Waals surface area contributed by atoms with Crippen molar-refractivity contribution in [2.24, 2.45) is 0 Å². The Morgan fingerprint density at radius 2 is 2.04 bits per heavy atom. The highest BCUT2D eigenvalue weighted by Crippen LogP contribution is 2.36. The second kappa shape index (κ2) is 5.86. The molecule has 1 aliphatic heterocycles. The van der Waals surface area contributed by atoms with Gasteiger partial charge in [-0.2, -0.15) is 4.98 Å². The van der Waals surface area contributed by atoms with Crippen LogP contribution in [0.2, 0.25) is 0 Å². The average Bonchev–Trinajstić information content (AvgIpc) is 3.09. The van der Waals surface area contributed by atoms with Gasteiger partial charge in [0.15, 0.2) is 17.0 Å². The van der Waals surface area contributed by atoms with Crippen molar-refractivity contribution in [3.05, 3.63) is 35.2 Å². The number of aromatic nitrogens is 4. The van der Waals surface area contributed by atoms with Gasteiger partial charge in [0.2, 0.25) is 0 Å². The lowest BCUT2D eigenvalue weighted by Crippen LogP contribution is -2.26. The number of hydrogen-bond acceptors (Lipinski definition) is 6. The molecule has 7 nitrogen and oxygen atoms in total. The van der Waals surface area contributed by atoms with E-state index in [1.165, 1.54) is 0 Å². The van der Waals surface area contributed by atoms with Crippen LogP contribution in [0.1, 0.15) is 30.8 Å². The number of nitrogens with one attached hydrogen (secondary N) is 1. The van der Waals surface area contributed by atoms with Crippen molar-refractivity contribution in [1.82, 2.24) is 19.5 Å². The fourth-order valence-corrected chi connectivity index (χ4v) is 3.32. The summed E-state index contributed by atoms with van der Waals surface area (Å²) in [5, 5.41) is 13.0. The molecular weight excluding hydrogens is 330 g/mol. The molecule has 0 saturated carbocycles. The van der Waals surface area contributed by atoms with Gasteiger partial charge in [-0.05, 0) is 51.3 Å². The van der Waals surface area contributed by atoms with Crippen LogP contribution in [0.3, 0.4) is 0 Å². The number of nitrogens with zero attached hydrogens (tertiary/aromatic N) is 4. The Hall–Kier alpha value is -2.83. The third-order valence-corrected chi connectivity index (χ3v) is 4.72. The molecule has 4 rings (SSSR count). The summed E-state index contributed by atoms with van der Waals surface area (Å²) in [6.45, 7) is 9.32. The van der Waals surface area contributed by atoms with Gasteiger partial charge in [-0.1, -0.05) is 12.1 Å². The average molecular weight is 353 g/mol. The molecule has 0 bridgehead atoms. The Balaban J connectivity index is 1.60. The second-order valence-corrected chi connectivity index (χ2v) is 7.42. The van der Waals surface area contributed by atoms with Crippen molar-refractivity contribution in [1.29, 1.82) is 0 Å². The van der Waals surface area contributed by atoms with E-state index in [4.69, 9.17) is 4.74 Å². The fraction of sp³-hybridized carbons (Fsp3) is 0.421. The molecule has 2 N–H and O–H groups in total. The highest BCUT2D eigenvalue weighted by molar-refractivity contribution is 5.84. The third-order valence-electron chi connectivity index (χ3n) is 4.72. The van der Waals surface area contributed by atoms with Gasteiger partial charge >= 0.3 is 0 Å². The van der Waals surface area contributed by atoms with E-state index < -0.39 is 0 Å². The van der Waals surface area contributed by atoms with Crippen molar-refractivity contribution in [3.8, 4) is 11.8 Å². The molecule has 3 aromatic rings. The largest absolute Gasteiger partial charge is 0.508 e. The molecule has 0 unspecified atom stereocenters. The zero-order valence-electron chi connectivity index (χ0n) is 15.5. The normalized spacial score (nSPS) is 15.1. The molecule has 0 fully saturated rings. The molecule has 0 saturated heterocycles. The first-order chi connectivity index (χ1) is 12.3. The molecule has 0 atom stereocenters. The van der Waals surface area contributed by atoms with Gasteiger partial charge in [0.1, 0.15) is 18.2 Å². The number of aromatic hydroxyl groups is 1. The number of aryl methyl sites for hydroxylation is 2. The molecular formula is C19H23N5O2. The smallest absolute Gasteiger partial charge is 0.299 e. The monoisotopic (exact) mass is 353 g/mol. The molecule has 1 aliphatic rings. The van der Waals surface area contributed by atoms with Crippen LogP contribution in [0.4, 0.5) is 5.82 Å². The predicted octanol–water partition coefficient (Wildman–Crippen LogP) is 2.93. The maximum atomic E-state index is 9.64. The summed E-state index contributed by atoms with van der Waals surface area (Å²) >= 11 is 0. The highest BCUT2D eigenvalue weighted by atomic mass is 16.5. The van der Waals surface area contributed by atoms with E-state index in [-0.39, 0.29) is 5.54 Å². The molecule has 1 aromatic carbocycles. The summed E-state index contributed by atoms with van der Waals surface area (Å²) in [7, 11) is 0. The molecule has 0 amide bonds. The molecule has 3 heterocycles. The first kappa shape index (κ1) is 16.6.